The highest BCUT2D eigenvalue weighted by Gasteiger charge is 2.31. The van der Waals surface area contributed by atoms with Gasteiger partial charge in [0, 0.05) is 17.6 Å². The molecule has 0 saturated carbocycles. The van der Waals surface area contributed by atoms with Gasteiger partial charge in [0.05, 0.1) is 17.6 Å². The van der Waals surface area contributed by atoms with E-state index >= 15 is 0 Å². The Balaban J connectivity index is 2.27. The van der Waals surface area contributed by atoms with E-state index in [1.807, 2.05) is 0 Å². The zero-order valence-corrected chi connectivity index (χ0v) is 9.21. The van der Waals surface area contributed by atoms with E-state index in [2.05, 4.69) is 5.32 Å². The van der Waals surface area contributed by atoms with Gasteiger partial charge in [0.1, 0.15) is 0 Å². The van der Waals surface area contributed by atoms with Gasteiger partial charge in [-0.1, -0.05) is 6.07 Å². The van der Waals surface area contributed by atoms with Crippen LogP contribution in [0.15, 0.2) is 24.3 Å². The molecule has 3 nitrogen and oxygen atoms in total. The summed E-state index contributed by atoms with van der Waals surface area (Å²) in [5, 5.41) is 3.55. The highest BCUT2D eigenvalue weighted by Crippen LogP contribution is 2.32. The fraction of sp³-hybridized carbons (Fsp3) is 0.250. The van der Waals surface area contributed by atoms with Gasteiger partial charge in [-0.25, -0.2) is 0 Å². The quantitative estimate of drug-likeness (QED) is 0.783. The van der Waals surface area contributed by atoms with Gasteiger partial charge < -0.3 is 5.32 Å². The molecular formula is C12H9F3N2O. The van der Waals surface area contributed by atoms with Crippen LogP contribution in [-0.4, -0.2) is 17.0 Å². The third-order valence-electron chi connectivity index (χ3n) is 3.04. The van der Waals surface area contributed by atoms with E-state index in [9.17, 15) is 18.0 Å². The Bertz CT molecular complexity index is 643. The lowest BCUT2D eigenvalue weighted by Crippen LogP contribution is -2.34. The molecule has 0 spiro atoms. The number of nitrogens with zero attached hydrogens (tertiary/aromatic N) is 1. The molecule has 6 heteroatoms. The van der Waals surface area contributed by atoms with Crippen molar-refractivity contribution in [2.75, 3.05) is 6.54 Å². The number of carbonyl (C=O) groups is 1. The van der Waals surface area contributed by atoms with E-state index in [1.165, 1.54) is 10.6 Å². The van der Waals surface area contributed by atoms with Crippen LogP contribution < -0.4 is 5.32 Å². The molecule has 1 aliphatic rings. The van der Waals surface area contributed by atoms with E-state index in [1.54, 1.807) is 6.07 Å². The number of hydrogen-bond donors (Lipinski definition) is 1. The molecule has 1 aliphatic heterocycles. The predicted octanol–water partition coefficient (Wildman–Crippen LogP) is 2.40. The third kappa shape index (κ3) is 1.60. The molecule has 0 atom stereocenters. The minimum Gasteiger partial charge on any atom is -0.303 e. The number of hydrogen-bond acceptors (Lipinski definition) is 2. The summed E-state index contributed by atoms with van der Waals surface area (Å²) in [6.45, 7) is 0.634. The topological polar surface area (TPSA) is 34.0 Å². The number of nitrogens with one attached hydrogen (secondary N) is 1. The van der Waals surface area contributed by atoms with E-state index in [-0.39, 0.29) is 12.5 Å². The summed E-state index contributed by atoms with van der Waals surface area (Å²) < 4.78 is 39.3. The Hall–Kier alpha value is -1.82. The lowest BCUT2D eigenvalue weighted by atomic mass is 10.1. The van der Waals surface area contributed by atoms with Crippen LogP contribution in [-0.2, 0) is 12.7 Å². The number of fused-ring (bicyclic) bond motifs is 3. The van der Waals surface area contributed by atoms with E-state index < -0.39 is 11.7 Å². The highest BCUT2D eigenvalue weighted by atomic mass is 19.4. The average molecular weight is 254 g/mol. The van der Waals surface area contributed by atoms with Crippen LogP contribution in [0.1, 0.15) is 16.1 Å². The molecule has 1 aromatic heterocycles. The summed E-state index contributed by atoms with van der Waals surface area (Å²) in [6.07, 6.45) is -4.39. The Morgan fingerprint density at radius 1 is 1.17 bits per heavy atom. The monoisotopic (exact) mass is 254 g/mol. The van der Waals surface area contributed by atoms with Crippen LogP contribution in [0.2, 0.25) is 0 Å². The molecule has 18 heavy (non-hydrogen) atoms. The lowest BCUT2D eigenvalue weighted by molar-refractivity contribution is -0.137. The first-order valence-corrected chi connectivity index (χ1v) is 5.42. The van der Waals surface area contributed by atoms with Crippen LogP contribution in [0.3, 0.4) is 0 Å². The maximum atomic E-state index is 12.6. The molecular weight excluding hydrogens is 245 g/mol. The second kappa shape index (κ2) is 3.58. The lowest BCUT2D eigenvalue weighted by Gasteiger charge is -2.16. The van der Waals surface area contributed by atoms with E-state index in [4.69, 9.17) is 0 Å². The molecule has 94 valence electrons. The van der Waals surface area contributed by atoms with Gasteiger partial charge in [-0.2, -0.15) is 13.2 Å². The zero-order chi connectivity index (χ0) is 12.9. The Kier molecular flexibility index (Phi) is 2.25. The molecule has 1 aromatic carbocycles. The molecule has 0 unspecified atom stereocenters. The number of alkyl halides is 3. The van der Waals surface area contributed by atoms with Crippen molar-refractivity contribution in [3.05, 3.63) is 35.5 Å². The van der Waals surface area contributed by atoms with Crippen molar-refractivity contribution in [3.63, 3.8) is 0 Å². The Labute approximate surface area is 100 Å². The van der Waals surface area contributed by atoms with Crippen molar-refractivity contribution < 1.29 is 18.0 Å². The molecule has 3 rings (SSSR count). The average Bonchev–Trinajstić information content (AvgIpc) is 2.66. The van der Waals surface area contributed by atoms with Crippen molar-refractivity contribution in [3.8, 4) is 0 Å². The van der Waals surface area contributed by atoms with Crippen LogP contribution >= 0.6 is 0 Å². The summed E-state index contributed by atoms with van der Waals surface area (Å²) in [6, 6.07) is 5.20. The molecule has 0 aliphatic carbocycles. The van der Waals surface area contributed by atoms with Crippen LogP contribution in [0.5, 0.6) is 0 Å². The second-order valence-electron chi connectivity index (χ2n) is 4.24. The van der Waals surface area contributed by atoms with Gasteiger partial charge in [0.2, 0.25) is 5.91 Å². The number of benzene rings is 1. The van der Waals surface area contributed by atoms with Crippen LogP contribution in [0, 0.1) is 0 Å². The van der Waals surface area contributed by atoms with Gasteiger partial charge in [0.25, 0.3) is 0 Å². The number of halogens is 3. The molecule has 0 bridgehead atoms. The minimum atomic E-state index is -4.39. The van der Waals surface area contributed by atoms with Crippen LogP contribution in [0.4, 0.5) is 13.2 Å². The minimum absolute atomic E-state index is 0.146. The zero-order valence-electron chi connectivity index (χ0n) is 9.21. The van der Waals surface area contributed by atoms with Gasteiger partial charge in [-0.15, -0.1) is 0 Å². The van der Waals surface area contributed by atoms with Gasteiger partial charge in [-0.05, 0) is 18.2 Å². The SMILES string of the molecule is O=C1CNCc2cc3ccc(C(F)(F)F)cc3n21. The third-order valence-corrected chi connectivity index (χ3v) is 3.04. The normalized spacial score (nSPS) is 16.1. The number of rotatable bonds is 0. The Morgan fingerprint density at radius 2 is 1.94 bits per heavy atom. The summed E-state index contributed by atoms with van der Waals surface area (Å²) >= 11 is 0. The van der Waals surface area contributed by atoms with Crippen LogP contribution in [0.25, 0.3) is 10.9 Å². The molecule has 0 amide bonds. The highest BCUT2D eigenvalue weighted by molar-refractivity contribution is 5.95. The van der Waals surface area contributed by atoms with Gasteiger partial charge >= 0.3 is 6.18 Å². The largest absolute Gasteiger partial charge is 0.416 e. The van der Waals surface area contributed by atoms with E-state index in [0.29, 0.717) is 23.1 Å². The van der Waals surface area contributed by atoms with E-state index in [0.717, 1.165) is 12.1 Å². The van der Waals surface area contributed by atoms with Crippen molar-refractivity contribution in [1.82, 2.24) is 9.88 Å². The summed E-state index contributed by atoms with van der Waals surface area (Å²) in [5.41, 5.74) is 0.286. The summed E-state index contributed by atoms with van der Waals surface area (Å²) in [5.74, 6) is -0.231. The Morgan fingerprint density at radius 3 is 2.67 bits per heavy atom. The van der Waals surface area contributed by atoms with Gasteiger partial charge in [0.15, 0.2) is 0 Å². The molecule has 0 fully saturated rings. The molecule has 1 N–H and O–H groups in total. The second-order valence-corrected chi connectivity index (χ2v) is 4.24. The predicted molar refractivity (Wildman–Crippen MR) is 59.3 cm³/mol. The fourth-order valence-electron chi connectivity index (χ4n) is 2.24. The maximum absolute atomic E-state index is 12.6. The molecule has 2 heterocycles. The first-order valence-electron chi connectivity index (χ1n) is 5.42. The molecule has 2 aromatic rings. The number of aromatic nitrogens is 1. The maximum Gasteiger partial charge on any atom is 0.416 e. The first kappa shape index (κ1) is 11.3. The van der Waals surface area contributed by atoms with Crippen molar-refractivity contribution >= 4 is 16.8 Å². The van der Waals surface area contributed by atoms with Crippen molar-refractivity contribution in [1.29, 1.82) is 0 Å². The standard InChI is InChI=1S/C12H9F3N2O/c13-12(14,15)8-2-1-7-3-9-5-16-6-11(18)17(9)10(7)4-8/h1-4,16H,5-6H2. The molecule has 0 radical (unpaired) electrons. The smallest absolute Gasteiger partial charge is 0.303 e. The summed E-state index contributed by atoms with van der Waals surface area (Å²) in [4.78, 5) is 11.7. The van der Waals surface area contributed by atoms with Crippen molar-refractivity contribution in [2.45, 2.75) is 12.7 Å². The number of carbonyl (C=O) groups excluding carboxylic acids is 1. The fourth-order valence-corrected chi connectivity index (χ4v) is 2.24. The molecule has 0 saturated heterocycles. The first-order chi connectivity index (χ1) is 8.47. The van der Waals surface area contributed by atoms with Crippen molar-refractivity contribution in [2.24, 2.45) is 0 Å². The van der Waals surface area contributed by atoms with Gasteiger partial charge in [-0.3, -0.25) is 9.36 Å². The summed E-state index contributed by atoms with van der Waals surface area (Å²) in [7, 11) is 0.